The summed E-state index contributed by atoms with van der Waals surface area (Å²) in [6, 6.07) is 27.1. The highest BCUT2D eigenvalue weighted by molar-refractivity contribution is 7.17. The minimum absolute atomic E-state index is 0.0345. The second-order valence-electron chi connectivity index (χ2n) is 8.34. The second kappa shape index (κ2) is 10.1. The predicted octanol–water partition coefficient (Wildman–Crippen LogP) is 6.54. The molecule has 0 fully saturated rings. The molecule has 0 saturated heterocycles. The number of ether oxygens (including phenoxy) is 1. The maximum absolute atomic E-state index is 13.3. The molecule has 170 valence electrons. The Morgan fingerprint density at radius 2 is 1.44 bits per heavy atom. The summed E-state index contributed by atoms with van der Waals surface area (Å²) in [6.45, 7) is -0.119. The Balaban J connectivity index is 1.29. The number of thiophene rings is 1. The van der Waals surface area contributed by atoms with E-state index in [9.17, 15) is 9.59 Å². The minimum atomic E-state index is -0.271. The summed E-state index contributed by atoms with van der Waals surface area (Å²) in [4.78, 5) is 27.3. The van der Waals surface area contributed by atoms with Gasteiger partial charge in [0.2, 0.25) is 0 Å². The Bertz CT molecular complexity index is 1290. The highest BCUT2D eigenvalue weighted by atomic mass is 32.1. The van der Waals surface area contributed by atoms with E-state index in [1.807, 2.05) is 72.8 Å². The Hall–Kier alpha value is -3.70. The molecule has 0 saturated carbocycles. The third kappa shape index (κ3) is 4.80. The standard InChI is InChI=1S/C29H25NO3S/c31-26(19-33-23-17-15-21(16-18-23)20-9-3-1-4-10-20)30-29-27(24-13-7-8-14-25(24)34-29)28(32)22-11-5-2-6-12-22/h1-6,9-12,15-18H,7-8,13-14,19H2,(H,30,31). The number of rotatable bonds is 7. The number of nitrogens with one attached hydrogen (secondary N) is 1. The van der Waals surface area contributed by atoms with E-state index in [1.165, 1.54) is 16.2 Å². The highest BCUT2D eigenvalue weighted by Crippen LogP contribution is 2.39. The van der Waals surface area contributed by atoms with Crippen LogP contribution in [0, 0.1) is 0 Å². The average molecular weight is 468 g/mol. The van der Waals surface area contributed by atoms with Gasteiger partial charge in [-0.2, -0.15) is 0 Å². The fourth-order valence-electron chi connectivity index (χ4n) is 4.31. The lowest BCUT2D eigenvalue weighted by Gasteiger charge is -2.13. The third-order valence-corrected chi connectivity index (χ3v) is 7.23. The van der Waals surface area contributed by atoms with E-state index >= 15 is 0 Å². The van der Waals surface area contributed by atoms with Crippen LogP contribution < -0.4 is 10.1 Å². The molecular formula is C29H25NO3S. The molecule has 0 radical (unpaired) electrons. The number of aryl methyl sites for hydroxylation is 1. The van der Waals surface area contributed by atoms with E-state index in [1.54, 1.807) is 0 Å². The number of carbonyl (C=O) groups is 2. The van der Waals surface area contributed by atoms with Crippen molar-refractivity contribution in [2.75, 3.05) is 11.9 Å². The highest BCUT2D eigenvalue weighted by Gasteiger charge is 2.27. The van der Waals surface area contributed by atoms with Crippen LogP contribution in [0.4, 0.5) is 5.00 Å². The molecule has 34 heavy (non-hydrogen) atoms. The van der Waals surface area contributed by atoms with Crippen molar-refractivity contribution in [2.24, 2.45) is 0 Å². The zero-order valence-corrected chi connectivity index (χ0v) is 19.6. The molecule has 0 bridgehead atoms. The van der Waals surface area contributed by atoms with Crippen molar-refractivity contribution in [2.45, 2.75) is 25.7 Å². The van der Waals surface area contributed by atoms with Crippen molar-refractivity contribution < 1.29 is 14.3 Å². The molecule has 0 unspecified atom stereocenters. The molecule has 1 aliphatic carbocycles. The molecule has 1 aliphatic rings. The fraction of sp³-hybridized carbons (Fsp3) is 0.172. The van der Waals surface area contributed by atoms with E-state index in [0.29, 0.717) is 21.9 Å². The first-order chi connectivity index (χ1) is 16.7. The zero-order chi connectivity index (χ0) is 23.3. The topological polar surface area (TPSA) is 55.4 Å². The number of ketones is 1. The van der Waals surface area contributed by atoms with Gasteiger partial charge >= 0.3 is 0 Å². The van der Waals surface area contributed by atoms with Crippen LogP contribution in [0.15, 0.2) is 84.9 Å². The van der Waals surface area contributed by atoms with Crippen LogP contribution >= 0.6 is 11.3 Å². The Kier molecular flexibility index (Phi) is 6.54. The number of anilines is 1. The van der Waals surface area contributed by atoms with E-state index in [-0.39, 0.29) is 18.3 Å². The smallest absolute Gasteiger partial charge is 0.262 e. The predicted molar refractivity (Wildman–Crippen MR) is 137 cm³/mol. The van der Waals surface area contributed by atoms with Gasteiger partial charge < -0.3 is 10.1 Å². The van der Waals surface area contributed by atoms with Gasteiger partial charge in [-0.1, -0.05) is 72.8 Å². The molecule has 4 aromatic rings. The van der Waals surface area contributed by atoms with Crippen LogP contribution in [0.25, 0.3) is 11.1 Å². The van der Waals surface area contributed by atoms with E-state index in [0.717, 1.165) is 42.4 Å². The van der Waals surface area contributed by atoms with Crippen LogP contribution in [-0.4, -0.2) is 18.3 Å². The molecule has 0 aliphatic heterocycles. The molecular weight excluding hydrogens is 442 g/mol. The quantitative estimate of drug-likeness (QED) is 0.314. The molecule has 4 nitrogen and oxygen atoms in total. The molecule has 0 spiro atoms. The second-order valence-corrected chi connectivity index (χ2v) is 9.44. The SMILES string of the molecule is O=C(COc1ccc(-c2ccccc2)cc1)Nc1sc2c(c1C(=O)c1ccccc1)CCCC2. The van der Waals surface area contributed by atoms with Crippen LogP contribution in [0.5, 0.6) is 5.75 Å². The van der Waals surface area contributed by atoms with Crippen LogP contribution in [-0.2, 0) is 17.6 Å². The molecule has 1 heterocycles. The van der Waals surface area contributed by atoms with Crippen LogP contribution in [0.3, 0.4) is 0 Å². The summed E-state index contributed by atoms with van der Waals surface area (Å²) in [5, 5.41) is 3.59. The molecule has 1 aromatic heterocycles. The van der Waals surface area contributed by atoms with Gasteiger partial charge in [-0.25, -0.2) is 0 Å². The minimum Gasteiger partial charge on any atom is -0.484 e. The number of fused-ring (bicyclic) bond motifs is 1. The van der Waals surface area contributed by atoms with Crippen molar-refractivity contribution in [3.05, 3.63) is 106 Å². The number of hydrogen-bond donors (Lipinski definition) is 1. The summed E-state index contributed by atoms with van der Waals surface area (Å²) in [7, 11) is 0. The number of benzene rings is 3. The molecule has 1 N–H and O–H groups in total. The van der Waals surface area contributed by atoms with Gasteiger partial charge in [-0.15, -0.1) is 11.3 Å². The van der Waals surface area contributed by atoms with Crippen molar-refractivity contribution in [3.63, 3.8) is 0 Å². The lowest BCUT2D eigenvalue weighted by molar-refractivity contribution is -0.118. The Labute approximate surface area is 203 Å². The van der Waals surface area contributed by atoms with E-state index < -0.39 is 0 Å². The van der Waals surface area contributed by atoms with Gasteiger partial charge in [0.05, 0.1) is 5.56 Å². The first-order valence-electron chi connectivity index (χ1n) is 11.5. The summed E-state index contributed by atoms with van der Waals surface area (Å²) in [6.07, 6.45) is 4.01. The van der Waals surface area contributed by atoms with Gasteiger partial charge in [0.1, 0.15) is 10.8 Å². The molecule has 3 aromatic carbocycles. The van der Waals surface area contributed by atoms with Crippen molar-refractivity contribution in [1.82, 2.24) is 0 Å². The Morgan fingerprint density at radius 1 is 0.794 bits per heavy atom. The van der Waals surface area contributed by atoms with Crippen LogP contribution in [0.1, 0.15) is 39.2 Å². The first kappa shape index (κ1) is 22.1. The van der Waals surface area contributed by atoms with Crippen molar-refractivity contribution in [3.8, 4) is 16.9 Å². The van der Waals surface area contributed by atoms with Gasteiger partial charge in [0.15, 0.2) is 12.4 Å². The lowest BCUT2D eigenvalue weighted by atomic mass is 9.92. The molecule has 5 heteroatoms. The van der Waals surface area contributed by atoms with Gasteiger partial charge in [-0.3, -0.25) is 9.59 Å². The van der Waals surface area contributed by atoms with Crippen molar-refractivity contribution >= 4 is 28.0 Å². The summed E-state index contributed by atoms with van der Waals surface area (Å²) in [5.74, 6) is 0.321. The number of carbonyl (C=O) groups excluding carboxylic acids is 2. The normalized spacial score (nSPS) is 12.6. The number of amides is 1. The third-order valence-electron chi connectivity index (χ3n) is 6.02. The Morgan fingerprint density at radius 3 is 2.18 bits per heavy atom. The van der Waals surface area contributed by atoms with Crippen LogP contribution in [0.2, 0.25) is 0 Å². The molecule has 1 amide bonds. The lowest BCUT2D eigenvalue weighted by Crippen LogP contribution is -2.21. The van der Waals surface area contributed by atoms with Gasteiger partial charge in [-0.05, 0) is 54.5 Å². The number of hydrogen-bond acceptors (Lipinski definition) is 4. The zero-order valence-electron chi connectivity index (χ0n) is 18.8. The first-order valence-corrected chi connectivity index (χ1v) is 12.3. The maximum atomic E-state index is 13.3. The largest absolute Gasteiger partial charge is 0.484 e. The van der Waals surface area contributed by atoms with E-state index in [2.05, 4.69) is 17.4 Å². The molecule has 0 atom stereocenters. The maximum Gasteiger partial charge on any atom is 0.262 e. The monoisotopic (exact) mass is 467 g/mol. The van der Waals surface area contributed by atoms with E-state index in [4.69, 9.17) is 4.74 Å². The summed E-state index contributed by atoms with van der Waals surface area (Å²) < 4.78 is 5.73. The summed E-state index contributed by atoms with van der Waals surface area (Å²) >= 11 is 1.53. The average Bonchev–Trinajstić information content (AvgIpc) is 3.26. The van der Waals surface area contributed by atoms with Gasteiger partial charge in [0.25, 0.3) is 5.91 Å². The van der Waals surface area contributed by atoms with Gasteiger partial charge in [0, 0.05) is 10.4 Å². The summed E-state index contributed by atoms with van der Waals surface area (Å²) in [5.41, 5.74) is 4.60. The van der Waals surface area contributed by atoms with Crippen molar-refractivity contribution in [1.29, 1.82) is 0 Å². The fourth-order valence-corrected chi connectivity index (χ4v) is 5.62. The molecule has 5 rings (SSSR count).